The number of H-pyrrole nitrogens is 1. The Labute approximate surface area is 69.9 Å². The molecular weight excluding hydrogens is 148 g/mol. The van der Waals surface area contributed by atoms with Crippen LogP contribution < -0.4 is 0 Å². The summed E-state index contributed by atoms with van der Waals surface area (Å²) in [5.74, 6) is 0. The number of rotatable bonds is 0. The van der Waals surface area contributed by atoms with Crippen LogP contribution in [-0.4, -0.2) is 11.2 Å². The highest BCUT2D eigenvalue weighted by atomic mass is 14.7. The molecular formula is C10H8N2. The molecule has 1 aliphatic heterocycles. The maximum absolute atomic E-state index is 4.22. The Balaban J connectivity index is 2.43. The van der Waals surface area contributed by atoms with E-state index < -0.39 is 0 Å². The van der Waals surface area contributed by atoms with Gasteiger partial charge in [-0.3, -0.25) is 4.99 Å². The Bertz CT molecular complexity index is 466. The normalized spacial score (nSPS) is 14.0. The number of aliphatic imine (C=N–C) groups is 1. The molecule has 1 aliphatic rings. The molecule has 0 fully saturated rings. The van der Waals surface area contributed by atoms with Crippen molar-refractivity contribution in [2.24, 2.45) is 4.99 Å². The molecule has 0 saturated heterocycles. The zero-order valence-electron chi connectivity index (χ0n) is 6.54. The van der Waals surface area contributed by atoms with E-state index in [4.69, 9.17) is 0 Å². The van der Waals surface area contributed by atoms with Gasteiger partial charge in [0.25, 0.3) is 0 Å². The van der Waals surface area contributed by atoms with Gasteiger partial charge < -0.3 is 4.98 Å². The smallest absolute Gasteiger partial charge is 0.0646 e. The zero-order chi connectivity index (χ0) is 7.97. The monoisotopic (exact) mass is 156 g/mol. The quantitative estimate of drug-likeness (QED) is 0.605. The van der Waals surface area contributed by atoms with Crippen molar-refractivity contribution < 1.29 is 0 Å². The van der Waals surface area contributed by atoms with Gasteiger partial charge in [-0.2, -0.15) is 0 Å². The third kappa shape index (κ3) is 0.666. The molecule has 1 aromatic carbocycles. The molecule has 0 saturated carbocycles. The van der Waals surface area contributed by atoms with Crippen molar-refractivity contribution in [3.05, 3.63) is 35.7 Å². The fourth-order valence-electron chi connectivity index (χ4n) is 1.67. The average molecular weight is 156 g/mol. The first-order chi connectivity index (χ1) is 5.93. The molecule has 58 valence electrons. The molecule has 0 bridgehead atoms. The van der Waals surface area contributed by atoms with Crippen LogP contribution in [0.15, 0.2) is 29.5 Å². The minimum absolute atomic E-state index is 0.844. The van der Waals surface area contributed by atoms with Gasteiger partial charge in [0.2, 0.25) is 0 Å². The molecule has 2 nitrogen and oxygen atoms in total. The van der Waals surface area contributed by atoms with Crippen LogP contribution in [0, 0.1) is 0 Å². The summed E-state index contributed by atoms with van der Waals surface area (Å²) in [6.45, 7) is 0.844. The van der Waals surface area contributed by atoms with Crippen molar-refractivity contribution in [2.75, 3.05) is 0 Å². The third-order valence-corrected chi connectivity index (χ3v) is 2.31. The topological polar surface area (TPSA) is 28.1 Å². The van der Waals surface area contributed by atoms with Crippen LogP contribution in [-0.2, 0) is 6.54 Å². The summed E-state index contributed by atoms with van der Waals surface area (Å²) in [4.78, 5) is 7.31. The largest absolute Gasteiger partial charge is 0.366 e. The van der Waals surface area contributed by atoms with Crippen molar-refractivity contribution in [3.63, 3.8) is 0 Å². The molecule has 1 aromatic heterocycles. The van der Waals surface area contributed by atoms with Gasteiger partial charge in [0, 0.05) is 18.6 Å². The molecule has 2 aromatic rings. The molecule has 3 rings (SSSR count). The fourth-order valence-corrected chi connectivity index (χ4v) is 1.67. The lowest BCUT2D eigenvalue weighted by atomic mass is 10.1. The molecule has 2 heteroatoms. The number of nitrogens with zero attached hydrogens (tertiary/aromatic N) is 1. The van der Waals surface area contributed by atoms with E-state index in [1.807, 2.05) is 18.6 Å². The summed E-state index contributed by atoms with van der Waals surface area (Å²) in [6, 6.07) is 4.38. The van der Waals surface area contributed by atoms with Crippen LogP contribution in [0.2, 0.25) is 0 Å². The minimum Gasteiger partial charge on any atom is -0.366 e. The molecule has 0 amide bonds. The molecule has 2 heterocycles. The van der Waals surface area contributed by atoms with Crippen LogP contribution in [0.25, 0.3) is 10.8 Å². The Morgan fingerprint density at radius 2 is 2.00 bits per heavy atom. The van der Waals surface area contributed by atoms with Crippen molar-refractivity contribution in [3.8, 4) is 0 Å². The second-order valence-electron chi connectivity index (χ2n) is 3.11. The van der Waals surface area contributed by atoms with Gasteiger partial charge >= 0.3 is 0 Å². The van der Waals surface area contributed by atoms with Gasteiger partial charge in [-0.25, -0.2) is 0 Å². The van der Waals surface area contributed by atoms with E-state index in [9.17, 15) is 0 Å². The number of hydrogen-bond donors (Lipinski definition) is 1. The first-order valence-electron chi connectivity index (χ1n) is 4.03. The lowest BCUT2D eigenvalue weighted by molar-refractivity contribution is 1.12. The van der Waals surface area contributed by atoms with E-state index in [0.717, 1.165) is 6.54 Å². The SMILES string of the molecule is C1=NCc2cc3c[nH]cc3cc21. The van der Waals surface area contributed by atoms with Crippen LogP contribution in [0.1, 0.15) is 11.1 Å². The van der Waals surface area contributed by atoms with Crippen molar-refractivity contribution in [1.29, 1.82) is 0 Å². The molecule has 12 heavy (non-hydrogen) atoms. The average Bonchev–Trinajstić information content (AvgIpc) is 2.64. The highest BCUT2D eigenvalue weighted by molar-refractivity contribution is 5.93. The number of benzene rings is 1. The number of fused-ring (bicyclic) bond motifs is 2. The maximum Gasteiger partial charge on any atom is 0.0646 e. The van der Waals surface area contributed by atoms with Crippen LogP contribution >= 0.6 is 0 Å². The molecule has 0 atom stereocenters. The Morgan fingerprint density at radius 1 is 1.17 bits per heavy atom. The van der Waals surface area contributed by atoms with Crippen LogP contribution in [0.4, 0.5) is 0 Å². The Hall–Kier alpha value is -1.57. The van der Waals surface area contributed by atoms with E-state index in [1.54, 1.807) is 0 Å². The van der Waals surface area contributed by atoms with Crippen LogP contribution in [0.3, 0.4) is 0 Å². The first-order valence-corrected chi connectivity index (χ1v) is 4.03. The second-order valence-corrected chi connectivity index (χ2v) is 3.11. The zero-order valence-corrected chi connectivity index (χ0v) is 6.54. The number of hydrogen-bond acceptors (Lipinski definition) is 1. The van der Waals surface area contributed by atoms with Gasteiger partial charge in [0.1, 0.15) is 0 Å². The van der Waals surface area contributed by atoms with Gasteiger partial charge in [0.05, 0.1) is 6.54 Å². The van der Waals surface area contributed by atoms with Crippen LogP contribution in [0.5, 0.6) is 0 Å². The number of aromatic amines is 1. The summed E-state index contributed by atoms with van der Waals surface area (Å²) < 4.78 is 0. The van der Waals surface area contributed by atoms with Gasteiger partial charge in [-0.05, 0) is 34.0 Å². The summed E-state index contributed by atoms with van der Waals surface area (Å²) >= 11 is 0. The van der Waals surface area contributed by atoms with Gasteiger partial charge in [-0.1, -0.05) is 0 Å². The van der Waals surface area contributed by atoms with E-state index in [1.165, 1.54) is 21.9 Å². The van der Waals surface area contributed by atoms with Crippen molar-refractivity contribution >= 4 is 17.0 Å². The second kappa shape index (κ2) is 1.97. The summed E-state index contributed by atoms with van der Waals surface area (Å²) in [6.07, 6.45) is 5.98. The number of nitrogens with one attached hydrogen (secondary N) is 1. The molecule has 0 unspecified atom stereocenters. The summed E-state index contributed by atoms with van der Waals surface area (Å²) in [7, 11) is 0. The Morgan fingerprint density at radius 3 is 2.92 bits per heavy atom. The fraction of sp³-hybridized carbons (Fsp3) is 0.100. The van der Waals surface area contributed by atoms with Crippen molar-refractivity contribution in [2.45, 2.75) is 6.54 Å². The maximum atomic E-state index is 4.22. The van der Waals surface area contributed by atoms with E-state index in [0.29, 0.717) is 0 Å². The molecule has 0 radical (unpaired) electrons. The lowest BCUT2D eigenvalue weighted by Crippen LogP contribution is -1.81. The Kier molecular flexibility index (Phi) is 0.987. The predicted octanol–water partition coefficient (Wildman–Crippen LogP) is 2.10. The summed E-state index contributed by atoms with van der Waals surface area (Å²) in [5, 5.41) is 2.54. The highest BCUT2D eigenvalue weighted by Crippen LogP contribution is 2.22. The lowest BCUT2D eigenvalue weighted by Gasteiger charge is -1.96. The van der Waals surface area contributed by atoms with E-state index in [2.05, 4.69) is 22.1 Å². The molecule has 0 spiro atoms. The molecule has 0 aliphatic carbocycles. The minimum atomic E-state index is 0.844. The number of aromatic nitrogens is 1. The van der Waals surface area contributed by atoms with E-state index in [-0.39, 0.29) is 0 Å². The standard InChI is InChI=1S/C10H8N2/c1-7-3-11-5-9(7)2-10-6-12-4-8(1)10/h1-5,11H,6H2. The highest BCUT2D eigenvalue weighted by Gasteiger charge is 2.06. The molecule has 1 N–H and O–H groups in total. The summed E-state index contributed by atoms with van der Waals surface area (Å²) in [5.41, 5.74) is 2.60. The van der Waals surface area contributed by atoms with Gasteiger partial charge in [-0.15, -0.1) is 0 Å². The third-order valence-electron chi connectivity index (χ3n) is 2.31. The predicted molar refractivity (Wildman–Crippen MR) is 49.6 cm³/mol. The van der Waals surface area contributed by atoms with Gasteiger partial charge in [0.15, 0.2) is 0 Å². The van der Waals surface area contributed by atoms with Crippen molar-refractivity contribution in [1.82, 2.24) is 4.98 Å². The first kappa shape index (κ1) is 6.00. The van der Waals surface area contributed by atoms with E-state index >= 15 is 0 Å².